The molecule has 19 heavy (non-hydrogen) atoms. The van der Waals surface area contributed by atoms with Crippen LogP contribution in [0.3, 0.4) is 0 Å². The van der Waals surface area contributed by atoms with Gasteiger partial charge in [-0.25, -0.2) is 0 Å². The fraction of sp³-hybridized carbons (Fsp3) is 0.625. The second-order valence-electron chi connectivity index (χ2n) is 5.16. The van der Waals surface area contributed by atoms with Crippen LogP contribution in [-0.4, -0.2) is 19.8 Å². The smallest absolute Gasteiger partial charge is 0.161 e. The highest BCUT2D eigenvalue weighted by Crippen LogP contribution is 2.29. The summed E-state index contributed by atoms with van der Waals surface area (Å²) < 4.78 is 11.3. The molecule has 3 nitrogen and oxygen atoms in total. The monoisotopic (exact) mass is 265 g/mol. The van der Waals surface area contributed by atoms with E-state index in [4.69, 9.17) is 15.2 Å². The minimum absolute atomic E-state index is 0.153. The highest BCUT2D eigenvalue weighted by atomic mass is 16.5. The number of methoxy groups -OCH3 is 1. The van der Waals surface area contributed by atoms with Crippen molar-refractivity contribution < 1.29 is 9.47 Å². The van der Waals surface area contributed by atoms with Gasteiger partial charge in [-0.15, -0.1) is 0 Å². The van der Waals surface area contributed by atoms with Gasteiger partial charge < -0.3 is 15.2 Å². The van der Waals surface area contributed by atoms with Crippen molar-refractivity contribution in [2.75, 3.05) is 13.7 Å². The second-order valence-corrected chi connectivity index (χ2v) is 5.16. The van der Waals surface area contributed by atoms with Gasteiger partial charge in [-0.2, -0.15) is 0 Å². The summed E-state index contributed by atoms with van der Waals surface area (Å²) in [6.45, 7) is 7.14. The summed E-state index contributed by atoms with van der Waals surface area (Å²) in [7, 11) is 1.67. The number of ether oxygens (including phenoxy) is 2. The SMILES string of the molecule is CCC(CC)COc1cc(CC(C)N)ccc1OC. The Labute approximate surface area is 117 Å². The summed E-state index contributed by atoms with van der Waals surface area (Å²) in [6.07, 6.45) is 3.13. The summed E-state index contributed by atoms with van der Waals surface area (Å²) in [5.74, 6) is 2.22. The molecule has 0 spiro atoms. The van der Waals surface area contributed by atoms with Gasteiger partial charge >= 0.3 is 0 Å². The molecule has 108 valence electrons. The third-order valence-corrected chi connectivity index (χ3v) is 3.41. The van der Waals surface area contributed by atoms with Crippen LogP contribution < -0.4 is 15.2 Å². The van der Waals surface area contributed by atoms with Crippen molar-refractivity contribution in [1.82, 2.24) is 0 Å². The van der Waals surface area contributed by atoms with Gasteiger partial charge in [-0.3, -0.25) is 0 Å². The maximum atomic E-state index is 5.93. The maximum Gasteiger partial charge on any atom is 0.161 e. The molecule has 0 aromatic heterocycles. The van der Waals surface area contributed by atoms with Crippen molar-refractivity contribution >= 4 is 0 Å². The van der Waals surface area contributed by atoms with Crippen molar-refractivity contribution in [2.45, 2.75) is 46.1 Å². The molecule has 0 radical (unpaired) electrons. The van der Waals surface area contributed by atoms with Crippen LogP contribution in [0.5, 0.6) is 11.5 Å². The van der Waals surface area contributed by atoms with Crippen LogP contribution in [0.25, 0.3) is 0 Å². The minimum atomic E-state index is 0.153. The van der Waals surface area contributed by atoms with Crippen LogP contribution in [0.4, 0.5) is 0 Å². The second kappa shape index (κ2) is 8.05. The molecule has 0 aliphatic heterocycles. The van der Waals surface area contributed by atoms with Crippen molar-refractivity contribution in [3.8, 4) is 11.5 Å². The van der Waals surface area contributed by atoms with E-state index in [9.17, 15) is 0 Å². The Hall–Kier alpha value is -1.22. The van der Waals surface area contributed by atoms with Crippen molar-refractivity contribution in [3.63, 3.8) is 0 Å². The van der Waals surface area contributed by atoms with E-state index in [0.29, 0.717) is 5.92 Å². The van der Waals surface area contributed by atoms with E-state index in [-0.39, 0.29) is 6.04 Å². The van der Waals surface area contributed by atoms with Gasteiger partial charge in [-0.05, 0) is 37.0 Å². The van der Waals surface area contributed by atoms with Crippen LogP contribution in [0.15, 0.2) is 18.2 Å². The fourth-order valence-corrected chi connectivity index (χ4v) is 2.06. The van der Waals surface area contributed by atoms with E-state index in [1.165, 1.54) is 5.56 Å². The first-order valence-corrected chi connectivity index (χ1v) is 7.15. The third kappa shape index (κ3) is 5.11. The molecule has 0 saturated heterocycles. The molecule has 2 N–H and O–H groups in total. The molecule has 0 bridgehead atoms. The predicted octanol–water partition coefficient (Wildman–Crippen LogP) is 3.40. The normalized spacial score (nSPS) is 12.5. The Morgan fingerprint density at radius 3 is 2.37 bits per heavy atom. The Morgan fingerprint density at radius 2 is 1.84 bits per heavy atom. The van der Waals surface area contributed by atoms with Crippen LogP contribution in [0, 0.1) is 5.92 Å². The lowest BCUT2D eigenvalue weighted by atomic mass is 10.0. The Morgan fingerprint density at radius 1 is 1.16 bits per heavy atom. The van der Waals surface area contributed by atoms with Gasteiger partial charge in [0.2, 0.25) is 0 Å². The minimum Gasteiger partial charge on any atom is -0.493 e. The summed E-state index contributed by atoms with van der Waals surface area (Å²) in [5.41, 5.74) is 7.03. The van der Waals surface area contributed by atoms with E-state index >= 15 is 0 Å². The zero-order valence-electron chi connectivity index (χ0n) is 12.6. The molecule has 1 aromatic rings. The number of rotatable bonds is 8. The van der Waals surface area contributed by atoms with Gasteiger partial charge in [0.15, 0.2) is 11.5 Å². The molecule has 0 aliphatic rings. The summed E-state index contributed by atoms with van der Waals surface area (Å²) >= 11 is 0. The third-order valence-electron chi connectivity index (χ3n) is 3.41. The zero-order valence-corrected chi connectivity index (χ0v) is 12.6. The van der Waals surface area contributed by atoms with E-state index < -0.39 is 0 Å². The van der Waals surface area contributed by atoms with Crippen LogP contribution >= 0.6 is 0 Å². The summed E-state index contributed by atoms with van der Waals surface area (Å²) in [4.78, 5) is 0. The van der Waals surface area contributed by atoms with Gasteiger partial charge in [0.05, 0.1) is 13.7 Å². The highest BCUT2D eigenvalue weighted by Gasteiger charge is 2.10. The molecule has 1 aromatic carbocycles. The van der Waals surface area contributed by atoms with Crippen LogP contribution in [0.2, 0.25) is 0 Å². The number of hydrogen-bond donors (Lipinski definition) is 1. The van der Waals surface area contributed by atoms with Crippen molar-refractivity contribution in [1.29, 1.82) is 0 Å². The largest absolute Gasteiger partial charge is 0.493 e. The summed E-state index contributed by atoms with van der Waals surface area (Å²) in [6, 6.07) is 6.21. The molecule has 0 fully saturated rings. The Bertz CT molecular complexity index is 373. The lowest BCUT2D eigenvalue weighted by Crippen LogP contribution is -2.18. The van der Waals surface area contributed by atoms with Crippen molar-refractivity contribution in [2.24, 2.45) is 11.7 Å². The van der Waals surface area contributed by atoms with Gasteiger partial charge in [-0.1, -0.05) is 32.8 Å². The quantitative estimate of drug-likeness (QED) is 0.783. The maximum absolute atomic E-state index is 5.93. The van der Waals surface area contributed by atoms with Gasteiger partial charge in [0.25, 0.3) is 0 Å². The topological polar surface area (TPSA) is 44.5 Å². The average Bonchev–Trinajstić information content (AvgIpc) is 2.39. The fourth-order valence-electron chi connectivity index (χ4n) is 2.06. The molecular weight excluding hydrogens is 238 g/mol. The Balaban J connectivity index is 2.77. The first-order valence-electron chi connectivity index (χ1n) is 7.15. The van der Waals surface area contributed by atoms with Crippen molar-refractivity contribution in [3.05, 3.63) is 23.8 Å². The number of benzene rings is 1. The molecule has 0 aliphatic carbocycles. The van der Waals surface area contributed by atoms with Gasteiger partial charge in [0, 0.05) is 6.04 Å². The first-order chi connectivity index (χ1) is 9.10. The van der Waals surface area contributed by atoms with Crippen LogP contribution in [-0.2, 0) is 6.42 Å². The zero-order chi connectivity index (χ0) is 14.3. The molecule has 0 heterocycles. The number of nitrogens with two attached hydrogens (primary N) is 1. The van der Waals surface area contributed by atoms with E-state index in [0.717, 1.165) is 37.4 Å². The van der Waals surface area contributed by atoms with E-state index in [1.54, 1.807) is 7.11 Å². The molecule has 1 unspecified atom stereocenters. The van der Waals surface area contributed by atoms with Gasteiger partial charge in [0.1, 0.15) is 0 Å². The first kappa shape index (κ1) is 15.8. The molecular formula is C16H27NO2. The lowest BCUT2D eigenvalue weighted by Gasteiger charge is -2.17. The van der Waals surface area contributed by atoms with E-state index in [1.807, 2.05) is 25.1 Å². The standard InChI is InChI=1S/C16H27NO2/c1-5-13(6-2)11-19-16-10-14(9-12(3)17)7-8-15(16)18-4/h7-8,10,12-13H,5-6,9,11,17H2,1-4H3. The molecule has 0 saturated carbocycles. The van der Waals surface area contributed by atoms with Crippen LogP contribution in [0.1, 0.15) is 39.2 Å². The average molecular weight is 265 g/mol. The lowest BCUT2D eigenvalue weighted by molar-refractivity contribution is 0.230. The summed E-state index contributed by atoms with van der Waals surface area (Å²) in [5, 5.41) is 0. The highest BCUT2D eigenvalue weighted by molar-refractivity contribution is 5.43. The molecule has 3 heteroatoms. The molecule has 1 rings (SSSR count). The van der Waals surface area contributed by atoms with E-state index in [2.05, 4.69) is 13.8 Å². The predicted molar refractivity (Wildman–Crippen MR) is 79.9 cm³/mol. The molecule has 0 amide bonds. The number of hydrogen-bond acceptors (Lipinski definition) is 3. The molecule has 1 atom stereocenters. The Kier molecular flexibility index (Phi) is 6.71.